The minimum atomic E-state index is -1.03. The maximum Gasteiger partial charge on any atom is 0.335 e. The van der Waals surface area contributed by atoms with Gasteiger partial charge in [0.05, 0.1) is 34.3 Å². The van der Waals surface area contributed by atoms with Gasteiger partial charge in [-0.2, -0.15) is 9.78 Å². The van der Waals surface area contributed by atoms with E-state index in [9.17, 15) is 14.7 Å². The molecule has 44 heavy (non-hydrogen) atoms. The summed E-state index contributed by atoms with van der Waals surface area (Å²) >= 11 is 12.8. The fraction of sp³-hybridized carbons (Fsp3) is 0.0909. The van der Waals surface area contributed by atoms with Gasteiger partial charge >= 0.3 is 5.97 Å². The lowest BCUT2D eigenvalue weighted by Crippen LogP contribution is -2.20. The molecule has 0 bridgehead atoms. The molecule has 0 aliphatic rings. The molecule has 0 spiro atoms. The number of hydrogen-bond donors (Lipinski definition) is 1. The van der Waals surface area contributed by atoms with Crippen LogP contribution in [0.15, 0.2) is 99.2 Å². The van der Waals surface area contributed by atoms with Crippen molar-refractivity contribution in [3.8, 4) is 23.1 Å². The maximum atomic E-state index is 13.6. The SMILES string of the molecule is CCOc1cc(C=Nn2c(-c3cc4cc(Cl)ccc4o3)nc3ccccc3c2=O)cc(Cl)c1OCc1cccc(C(=O)O)c1. The van der Waals surface area contributed by atoms with Crippen molar-refractivity contribution in [2.24, 2.45) is 5.10 Å². The Hall–Kier alpha value is -5.12. The zero-order chi connectivity index (χ0) is 30.8. The van der Waals surface area contributed by atoms with E-state index in [0.717, 1.165) is 5.39 Å². The van der Waals surface area contributed by atoms with Gasteiger partial charge in [0, 0.05) is 10.4 Å². The van der Waals surface area contributed by atoms with Crippen LogP contribution in [0, 0.1) is 0 Å². The van der Waals surface area contributed by atoms with Crippen LogP contribution < -0.4 is 15.0 Å². The molecule has 11 heteroatoms. The lowest BCUT2D eigenvalue weighted by molar-refractivity contribution is 0.0696. The molecule has 6 aromatic rings. The molecular formula is C33H23Cl2N3O6. The average molecular weight is 628 g/mol. The second kappa shape index (κ2) is 12.2. The fourth-order valence-corrected chi connectivity index (χ4v) is 5.11. The lowest BCUT2D eigenvalue weighted by Gasteiger charge is -2.15. The number of para-hydroxylation sites is 1. The Kier molecular flexibility index (Phi) is 8.06. The Balaban J connectivity index is 1.38. The van der Waals surface area contributed by atoms with Gasteiger partial charge in [-0.1, -0.05) is 47.5 Å². The molecule has 0 saturated heterocycles. The number of ether oxygens (including phenoxy) is 2. The molecule has 1 N–H and O–H groups in total. The summed E-state index contributed by atoms with van der Waals surface area (Å²) in [6.07, 6.45) is 1.47. The number of halogens is 2. The number of rotatable bonds is 9. The van der Waals surface area contributed by atoms with Gasteiger partial charge in [0.25, 0.3) is 5.56 Å². The van der Waals surface area contributed by atoms with Gasteiger partial charge in [0.1, 0.15) is 12.2 Å². The first kappa shape index (κ1) is 29.0. The molecule has 0 radical (unpaired) electrons. The van der Waals surface area contributed by atoms with Crippen molar-refractivity contribution in [1.29, 1.82) is 0 Å². The van der Waals surface area contributed by atoms with E-state index in [1.54, 1.807) is 72.8 Å². The van der Waals surface area contributed by atoms with Gasteiger partial charge in [0.15, 0.2) is 17.3 Å². The summed E-state index contributed by atoms with van der Waals surface area (Å²) in [6.45, 7) is 2.22. The van der Waals surface area contributed by atoms with Crippen LogP contribution in [0.25, 0.3) is 33.5 Å². The summed E-state index contributed by atoms with van der Waals surface area (Å²) in [5.74, 6) is 0.159. The second-order valence-electron chi connectivity index (χ2n) is 9.66. The molecule has 220 valence electrons. The van der Waals surface area contributed by atoms with E-state index in [2.05, 4.69) is 5.10 Å². The van der Waals surface area contributed by atoms with Gasteiger partial charge in [0.2, 0.25) is 5.82 Å². The predicted molar refractivity (Wildman–Crippen MR) is 170 cm³/mol. The molecule has 0 saturated carbocycles. The number of carboxylic acid groups (broad SMARTS) is 1. The van der Waals surface area contributed by atoms with Crippen LogP contribution in [0.3, 0.4) is 0 Å². The number of aromatic nitrogens is 2. The van der Waals surface area contributed by atoms with Crippen molar-refractivity contribution in [1.82, 2.24) is 9.66 Å². The number of carboxylic acids is 1. The predicted octanol–water partition coefficient (Wildman–Crippen LogP) is 7.67. The summed E-state index contributed by atoms with van der Waals surface area (Å²) in [6, 6.07) is 23.7. The highest BCUT2D eigenvalue weighted by Gasteiger charge is 2.18. The van der Waals surface area contributed by atoms with Crippen LogP contribution in [-0.4, -0.2) is 33.6 Å². The third-order valence-electron chi connectivity index (χ3n) is 6.66. The van der Waals surface area contributed by atoms with Crippen LogP contribution >= 0.6 is 23.2 Å². The van der Waals surface area contributed by atoms with E-state index in [-0.39, 0.29) is 34.3 Å². The van der Waals surface area contributed by atoms with Crippen molar-refractivity contribution in [2.45, 2.75) is 13.5 Å². The molecule has 0 aliphatic carbocycles. The number of aromatic carboxylic acids is 1. The molecule has 4 aromatic carbocycles. The largest absolute Gasteiger partial charge is 0.490 e. The zero-order valence-electron chi connectivity index (χ0n) is 23.2. The van der Waals surface area contributed by atoms with Crippen LogP contribution in [0.2, 0.25) is 10.0 Å². The maximum absolute atomic E-state index is 13.6. The van der Waals surface area contributed by atoms with E-state index < -0.39 is 5.97 Å². The molecule has 0 fully saturated rings. The first-order valence-corrected chi connectivity index (χ1v) is 14.2. The van der Waals surface area contributed by atoms with Crippen LogP contribution in [0.5, 0.6) is 11.5 Å². The van der Waals surface area contributed by atoms with Crippen LogP contribution in [0.4, 0.5) is 0 Å². The Labute approximate surface area is 260 Å². The van der Waals surface area contributed by atoms with Gasteiger partial charge in [-0.15, -0.1) is 0 Å². The van der Waals surface area contributed by atoms with E-state index in [4.69, 9.17) is 42.1 Å². The van der Waals surface area contributed by atoms with Crippen molar-refractivity contribution < 1.29 is 23.8 Å². The number of carbonyl (C=O) groups is 1. The Morgan fingerprint density at radius 3 is 2.68 bits per heavy atom. The molecule has 6 rings (SSSR count). The number of benzene rings is 4. The number of furan rings is 1. The van der Waals surface area contributed by atoms with Crippen molar-refractivity contribution in [3.05, 3.63) is 122 Å². The summed E-state index contributed by atoms with van der Waals surface area (Å²) in [5.41, 5.74) is 2.02. The Morgan fingerprint density at radius 1 is 1.02 bits per heavy atom. The smallest absolute Gasteiger partial charge is 0.335 e. The molecular weight excluding hydrogens is 605 g/mol. The van der Waals surface area contributed by atoms with Crippen molar-refractivity contribution in [2.75, 3.05) is 6.61 Å². The normalized spacial score (nSPS) is 11.4. The molecule has 0 atom stereocenters. The van der Waals surface area contributed by atoms with E-state index >= 15 is 0 Å². The van der Waals surface area contributed by atoms with Gasteiger partial charge < -0.3 is 19.0 Å². The van der Waals surface area contributed by atoms with Gasteiger partial charge in [-0.25, -0.2) is 9.78 Å². The van der Waals surface area contributed by atoms with Crippen LogP contribution in [0.1, 0.15) is 28.4 Å². The van der Waals surface area contributed by atoms with E-state index in [1.807, 2.05) is 6.92 Å². The number of fused-ring (bicyclic) bond motifs is 2. The third-order valence-corrected chi connectivity index (χ3v) is 7.18. The monoisotopic (exact) mass is 627 g/mol. The molecule has 0 amide bonds. The van der Waals surface area contributed by atoms with Crippen molar-refractivity contribution >= 4 is 57.3 Å². The van der Waals surface area contributed by atoms with Crippen molar-refractivity contribution in [3.63, 3.8) is 0 Å². The molecule has 9 nitrogen and oxygen atoms in total. The summed E-state index contributed by atoms with van der Waals surface area (Å²) in [7, 11) is 0. The molecule has 2 aromatic heterocycles. The average Bonchev–Trinajstić information content (AvgIpc) is 3.43. The number of nitrogens with zero attached hydrogens (tertiary/aromatic N) is 3. The highest BCUT2D eigenvalue weighted by molar-refractivity contribution is 6.32. The second-order valence-corrected chi connectivity index (χ2v) is 10.5. The molecule has 0 aliphatic heterocycles. The summed E-state index contributed by atoms with van der Waals surface area (Å²) < 4.78 is 19.0. The molecule has 0 unspecified atom stereocenters. The highest BCUT2D eigenvalue weighted by Crippen LogP contribution is 2.37. The summed E-state index contributed by atoms with van der Waals surface area (Å²) in [4.78, 5) is 29.7. The van der Waals surface area contributed by atoms with Gasteiger partial charge in [-0.05, 0) is 78.7 Å². The Morgan fingerprint density at radius 2 is 1.86 bits per heavy atom. The number of hydrogen-bond acceptors (Lipinski definition) is 7. The highest BCUT2D eigenvalue weighted by atomic mass is 35.5. The lowest BCUT2D eigenvalue weighted by atomic mass is 10.1. The summed E-state index contributed by atoms with van der Waals surface area (Å²) in [5, 5.41) is 15.7. The van der Waals surface area contributed by atoms with Gasteiger partial charge in [-0.3, -0.25) is 4.79 Å². The van der Waals surface area contributed by atoms with E-state index in [0.29, 0.717) is 50.8 Å². The quantitative estimate of drug-likeness (QED) is 0.163. The third kappa shape index (κ3) is 5.88. The minimum absolute atomic E-state index is 0.0680. The minimum Gasteiger partial charge on any atom is -0.490 e. The van der Waals surface area contributed by atoms with Crippen LogP contribution in [-0.2, 0) is 6.61 Å². The topological polar surface area (TPSA) is 116 Å². The standard InChI is InChI=1S/C33H23Cl2N3O6/c1-2-42-28-14-20(13-25(35)30(28)43-18-19-6-5-7-21(12-19)33(40)41)17-36-38-31(37-26-9-4-3-8-24(26)32(38)39)29-16-22-15-23(34)10-11-27(22)44-29/h3-17H,2,18H2,1H3,(H,40,41). The Bertz CT molecular complexity index is 2140. The first-order valence-electron chi connectivity index (χ1n) is 13.5. The zero-order valence-corrected chi connectivity index (χ0v) is 24.7. The molecule has 2 heterocycles. The first-order chi connectivity index (χ1) is 21.3. The van der Waals surface area contributed by atoms with E-state index in [1.165, 1.54) is 23.0 Å². The fourth-order valence-electron chi connectivity index (χ4n) is 4.65.